The van der Waals surface area contributed by atoms with Gasteiger partial charge in [0.2, 0.25) is 0 Å². The van der Waals surface area contributed by atoms with Crippen molar-refractivity contribution in [1.82, 2.24) is 0 Å². The highest BCUT2D eigenvalue weighted by molar-refractivity contribution is 14.1. The number of carbonyl (C=O) groups is 1. The summed E-state index contributed by atoms with van der Waals surface area (Å²) < 4.78 is 5.44. The van der Waals surface area contributed by atoms with E-state index in [1.54, 1.807) is 0 Å². The van der Waals surface area contributed by atoms with Crippen molar-refractivity contribution in [2.24, 2.45) is 11.3 Å². The van der Waals surface area contributed by atoms with Gasteiger partial charge in [0.05, 0.1) is 0 Å². The zero-order valence-electron chi connectivity index (χ0n) is 10.8. The average molecular weight is 338 g/mol. The summed E-state index contributed by atoms with van der Waals surface area (Å²) in [6.07, 6.45) is 4.63. The van der Waals surface area contributed by atoms with Crippen LogP contribution < -0.4 is 0 Å². The Morgan fingerprint density at radius 3 is 2.12 bits per heavy atom. The van der Waals surface area contributed by atoms with Crippen molar-refractivity contribution in [1.29, 1.82) is 0 Å². The van der Waals surface area contributed by atoms with E-state index in [-0.39, 0.29) is 16.0 Å². The van der Waals surface area contributed by atoms with Gasteiger partial charge in [-0.05, 0) is 43.9 Å². The fourth-order valence-electron chi connectivity index (χ4n) is 2.30. The summed E-state index contributed by atoms with van der Waals surface area (Å²) >= 11 is 2.11. The maximum atomic E-state index is 11.5. The molecule has 0 saturated heterocycles. The minimum atomic E-state index is -0.0557. The summed E-state index contributed by atoms with van der Waals surface area (Å²) in [5.41, 5.74) is 0.394. The average Bonchev–Trinajstić information content (AvgIpc) is 2.17. The standard InChI is InChI=1S/C13H23IO2/c1-9(14)12(15)16-11-7-5-10(6-8-11)13(2,3)4/h9-11H,5-8H2,1-4H3. The third-order valence-electron chi connectivity index (χ3n) is 3.51. The minimum absolute atomic E-state index is 0.0297. The van der Waals surface area contributed by atoms with E-state index in [0.717, 1.165) is 18.8 Å². The van der Waals surface area contributed by atoms with E-state index in [4.69, 9.17) is 4.74 Å². The van der Waals surface area contributed by atoms with Gasteiger partial charge in [-0.3, -0.25) is 4.79 Å². The van der Waals surface area contributed by atoms with Crippen molar-refractivity contribution in [2.75, 3.05) is 0 Å². The smallest absolute Gasteiger partial charge is 0.318 e. The van der Waals surface area contributed by atoms with E-state index in [0.29, 0.717) is 5.41 Å². The molecular weight excluding hydrogens is 315 g/mol. The Bertz CT molecular complexity index is 235. The van der Waals surface area contributed by atoms with Gasteiger partial charge in [0.25, 0.3) is 0 Å². The molecule has 1 aliphatic rings. The molecule has 94 valence electrons. The predicted octanol–water partition coefficient (Wildman–Crippen LogP) is 3.96. The minimum Gasteiger partial charge on any atom is -0.462 e. The van der Waals surface area contributed by atoms with Gasteiger partial charge in [-0.15, -0.1) is 0 Å². The second-order valence-electron chi connectivity index (χ2n) is 5.89. The molecule has 0 radical (unpaired) electrons. The maximum Gasteiger partial charge on any atom is 0.318 e. The first-order valence-electron chi connectivity index (χ1n) is 6.15. The SMILES string of the molecule is CC(I)C(=O)OC1CCC(C(C)(C)C)CC1. The molecule has 1 rings (SSSR count). The molecule has 1 saturated carbocycles. The number of rotatable bonds is 2. The molecule has 1 fully saturated rings. The maximum absolute atomic E-state index is 11.5. The Morgan fingerprint density at radius 1 is 1.25 bits per heavy atom. The number of alkyl halides is 1. The molecule has 0 aromatic rings. The molecule has 2 nitrogen and oxygen atoms in total. The van der Waals surface area contributed by atoms with Crippen LogP contribution in [-0.2, 0) is 9.53 Å². The monoisotopic (exact) mass is 338 g/mol. The molecule has 0 aromatic heterocycles. The van der Waals surface area contributed by atoms with E-state index >= 15 is 0 Å². The van der Waals surface area contributed by atoms with Gasteiger partial charge in [0.1, 0.15) is 10.0 Å². The van der Waals surface area contributed by atoms with E-state index in [1.165, 1.54) is 12.8 Å². The van der Waals surface area contributed by atoms with Crippen molar-refractivity contribution < 1.29 is 9.53 Å². The molecule has 16 heavy (non-hydrogen) atoms. The summed E-state index contributed by atoms with van der Waals surface area (Å²) in [6, 6.07) is 0. The predicted molar refractivity (Wildman–Crippen MR) is 74.8 cm³/mol. The Hall–Kier alpha value is 0.200. The molecule has 1 unspecified atom stereocenters. The van der Waals surface area contributed by atoms with Crippen LogP contribution in [0, 0.1) is 11.3 Å². The van der Waals surface area contributed by atoms with Crippen molar-refractivity contribution in [3.05, 3.63) is 0 Å². The lowest BCUT2D eigenvalue weighted by molar-refractivity contribution is -0.149. The molecule has 1 aliphatic carbocycles. The number of ether oxygens (including phenoxy) is 1. The lowest BCUT2D eigenvalue weighted by atomic mass is 9.72. The van der Waals surface area contributed by atoms with E-state index in [9.17, 15) is 4.79 Å². The van der Waals surface area contributed by atoms with Crippen LogP contribution >= 0.6 is 22.6 Å². The number of hydrogen-bond donors (Lipinski definition) is 0. The normalized spacial score (nSPS) is 28.6. The number of halogens is 1. The molecule has 0 spiro atoms. The zero-order chi connectivity index (χ0) is 12.3. The van der Waals surface area contributed by atoms with Crippen LogP contribution in [0.1, 0.15) is 53.4 Å². The van der Waals surface area contributed by atoms with Crippen LogP contribution in [0.25, 0.3) is 0 Å². The van der Waals surface area contributed by atoms with Gasteiger partial charge in [0.15, 0.2) is 0 Å². The molecule has 0 heterocycles. The quantitative estimate of drug-likeness (QED) is 0.433. The number of esters is 1. The van der Waals surface area contributed by atoms with E-state index in [2.05, 4.69) is 43.4 Å². The summed E-state index contributed by atoms with van der Waals surface area (Å²) in [7, 11) is 0. The number of hydrogen-bond acceptors (Lipinski definition) is 2. The van der Waals surface area contributed by atoms with Gasteiger partial charge >= 0.3 is 5.97 Å². The lowest BCUT2D eigenvalue weighted by Crippen LogP contribution is -2.31. The van der Waals surface area contributed by atoms with Crippen molar-refractivity contribution in [2.45, 2.75) is 63.4 Å². The molecular formula is C13H23IO2. The first-order valence-corrected chi connectivity index (χ1v) is 7.40. The lowest BCUT2D eigenvalue weighted by Gasteiger charge is -2.36. The van der Waals surface area contributed by atoms with E-state index < -0.39 is 0 Å². The summed E-state index contributed by atoms with van der Waals surface area (Å²) in [5.74, 6) is 0.722. The third kappa shape index (κ3) is 4.22. The molecule has 0 aromatic carbocycles. The second-order valence-corrected chi connectivity index (χ2v) is 7.76. The Kier molecular flexibility index (Phi) is 5.08. The van der Waals surface area contributed by atoms with Crippen LogP contribution in [0.4, 0.5) is 0 Å². The van der Waals surface area contributed by atoms with Crippen LogP contribution in [0.3, 0.4) is 0 Å². The molecule has 3 heteroatoms. The Morgan fingerprint density at radius 2 is 1.75 bits per heavy atom. The Labute approximate surface area is 113 Å². The van der Waals surface area contributed by atoms with Crippen molar-refractivity contribution in [3.8, 4) is 0 Å². The topological polar surface area (TPSA) is 26.3 Å². The van der Waals surface area contributed by atoms with Gasteiger partial charge in [0, 0.05) is 0 Å². The van der Waals surface area contributed by atoms with Crippen molar-refractivity contribution >= 4 is 28.6 Å². The zero-order valence-corrected chi connectivity index (χ0v) is 12.9. The fraction of sp³-hybridized carbons (Fsp3) is 0.923. The largest absolute Gasteiger partial charge is 0.462 e. The molecule has 0 bridgehead atoms. The van der Waals surface area contributed by atoms with Gasteiger partial charge in [-0.25, -0.2) is 0 Å². The van der Waals surface area contributed by atoms with Crippen LogP contribution in [0.15, 0.2) is 0 Å². The van der Waals surface area contributed by atoms with Gasteiger partial charge in [-0.2, -0.15) is 0 Å². The first kappa shape index (κ1) is 14.3. The Balaban J connectivity index is 2.35. The highest BCUT2D eigenvalue weighted by Gasteiger charge is 2.31. The molecule has 0 aliphatic heterocycles. The van der Waals surface area contributed by atoms with Gasteiger partial charge < -0.3 is 4.74 Å². The highest BCUT2D eigenvalue weighted by atomic mass is 127. The van der Waals surface area contributed by atoms with Crippen molar-refractivity contribution in [3.63, 3.8) is 0 Å². The van der Waals surface area contributed by atoms with Crippen LogP contribution in [-0.4, -0.2) is 16.0 Å². The highest BCUT2D eigenvalue weighted by Crippen LogP contribution is 2.38. The molecule has 0 amide bonds. The van der Waals surface area contributed by atoms with Crippen LogP contribution in [0.2, 0.25) is 0 Å². The van der Waals surface area contributed by atoms with Crippen LogP contribution in [0.5, 0.6) is 0 Å². The molecule has 1 atom stereocenters. The first-order chi connectivity index (χ1) is 7.30. The molecule has 0 N–H and O–H groups in total. The van der Waals surface area contributed by atoms with E-state index in [1.807, 2.05) is 6.92 Å². The second kappa shape index (κ2) is 5.69. The van der Waals surface area contributed by atoms with Gasteiger partial charge in [-0.1, -0.05) is 43.4 Å². The summed E-state index contributed by atoms with van der Waals surface area (Å²) in [4.78, 5) is 11.5. The summed E-state index contributed by atoms with van der Waals surface area (Å²) in [5, 5.41) is 0. The third-order valence-corrected chi connectivity index (χ3v) is 4.02. The fourth-order valence-corrected chi connectivity index (χ4v) is 2.45. The summed E-state index contributed by atoms with van der Waals surface area (Å²) in [6.45, 7) is 8.79. The number of carbonyl (C=O) groups excluding carboxylic acids is 1.